The molecule has 0 radical (unpaired) electrons. The molecule has 426 valence electrons. The first-order valence-electron chi connectivity index (χ1n) is 27.4. The van der Waals surface area contributed by atoms with Crippen LogP contribution in [0.1, 0.15) is 80.1 Å². The van der Waals surface area contributed by atoms with Crippen molar-refractivity contribution in [1.82, 2.24) is 16.0 Å². The molecule has 0 atom stereocenters. The summed E-state index contributed by atoms with van der Waals surface area (Å²) in [7, 11) is -7.92. The van der Waals surface area contributed by atoms with Gasteiger partial charge in [0.2, 0.25) is 0 Å². The van der Waals surface area contributed by atoms with Gasteiger partial charge in [0.25, 0.3) is 0 Å². The molecule has 0 aromatic carbocycles. The maximum Gasteiger partial charge on any atom is 0.334 e. The van der Waals surface area contributed by atoms with Crippen LogP contribution in [0.25, 0.3) is 0 Å². The summed E-state index contributed by atoms with van der Waals surface area (Å²) in [6.07, 6.45) is 6.95. The summed E-state index contributed by atoms with van der Waals surface area (Å²) in [5, 5.41) is 9.87. The molecule has 0 saturated carbocycles. The Morgan fingerprint density at radius 3 is 0.768 bits per heavy atom. The van der Waals surface area contributed by atoms with Crippen LogP contribution < -0.4 is 50.4 Å². The molecule has 0 spiro atoms. The normalized spacial score (nSPS) is 12.0. The third-order valence-corrected chi connectivity index (χ3v) is 25.3. The Bertz CT molecular complexity index is 985. The molecule has 0 aliphatic carbocycles. The number of nitrogens with one attached hydrogen (secondary N) is 3. The molecule has 0 aliphatic heterocycles. The van der Waals surface area contributed by atoms with E-state index in [1.54, 1.807) is 0 Å². The fourth-order valence-corrected chi connectivity index (χ4v) is 18.0. The van der Waals surface area contributed by atoms with Crippen LogP contribution in [0.3, 0.4) is 0 Å². The van der Waals surface area contributed by atoms with Crippen molar-refractivity contribution in [3.63, 3.8) is 0 Å². The van der Waals surface area contributed by atoms with E-state index in [2.05, 4.69) is 108 Å². The molecule has 0 aromatic heterocycles. The van der Waals surface area contributed by atoms with Crippen LogP contribution >= 0.6 is 0 Å². The molecular weight excluding hydrogens is 967 g/mol. The zero-order valence-corrected chi connectivity index (χ0v) is 55.6. The van der Waals surface area contributed by atoms with Crippen molar-refractivity contribution in [2.45, 2.75) is 195 Å². The molecule has 21 heteroatoms. The van der Waals surface area contributed by atoms with Gasteiger partial charge in [-0.25, -0.2) is 0 Å². The summed E-state index contributed by atoms with van der Waals surface area (Å²) in [5.74, 6) is 0. The van der Waals surface area contributed by atoms with Gasteiger partial charge in [-0.1, -0.05) is 51.4 Å². The molecule has 0 bridgehead atoms. The summed E-state index contributed by atoms with van der Waals surface area (Å²) in [6, 6.07) is 7.28. The largest absolute Gasteiger partial charge is 0.418 e. The Hall–Kier alpha value is 0.701. The summed E-state index contributed by atoms with van der Waals surface area (Å²) >= 11 is 0. The van der Waals surface area contributed by atoms with Gasteiger partial charge in [-0.2, -0.15) is 0 Å². The molecule has 0 rings (SSSR count). The van der Waals surface area contributed by atoms with Crippen LogP contribution in [0.5, 0.6) is 0 Å². The summed E-state index contributed by atoms with van der Waals surface area (Å²) in [4.78, 5) is 0. The maximum atomic E-state index is 5.74. The van der Waals surface area contributed by atoms with E-state index >= 15 is 0 Å². The van der Waals surface area contributed by atoms with Gasteiger partial charge >= 0.3 is 17.1 Å². The fourth-order valence-electron chi connectivity index (χ4n) is 6.70. The Morgan fingerprint density at radius 2 is 0.507 bits per heavy atom. The summed E-state index contributed by atoms with van der Waals surface area (Å²) in [6.45, 7) is 55.1. The highest BCUT2D eigenvalue weighted by molar-refractivity contribution is 6.76. The molecule has 0 saturated heterocycles. The summed E-state index contributed by atoms with van der Waals surface area (Å²) in [5.41, 5.74) is 32.3. The lowest BCUT2D eigenvalue weighted by Crippen LogP contribution is -2.39. The maximum absolute atomic E-state index is 5.74. The Kier molecular flexibility index (Phi) is 64.6. The quantitative estimate of drug-likeness (QED) is 0.0208. The molecule has 0 aromatic rings. The third-order valence-electron chi connectivity index (χ3n) is 10.2. The van der Waals surface area contributed by atoms with Crippen molar-refractivity contribution >= 4 is 49.9 Å². The Morgan fingerprint density at radius 1 is 0.275 bits per heavy atom. The monoisotopic (exact) mass is 1100 g/mol. The van der Waals surface area contributed by atoms with Gasteiger partial charge in [0.1, 0.15) is 0 Å². The van der Waals surface area contributed by atoms with Crippen LogP contribution in [0.4, 0.5) is 0 Å². The van der Waals surface area contributed by atoms with Crippen molar-refractivity contribution in [2.75, 3.05) is 118 Å². The van der Waals surface area contributed by atoms with E-state index in [0.717, 1.165) is 143 Å². The number of nitrogens with two attached hydrogens (primary N) is 6. The van der Waals surface area contributed by atoms with Crippen LogP contribution in [0, 0.1) is 0 Å². The topological polar surface area (TPSA) is 248 Å². The lowest BCUT2D eigenvalue weighted by Gasteiger charge is -2.25. The van der Waals surface area contributed by atoms with E-state index in [0.29, 0.717) is 6.54 Å². The van der Waals surface area contributed by atoms with Gasteiger partial charge in [-0.05, 0) is 183 Å². The van der Waals surface area contributed by atoms with Crippen molar-refractivity contribution < 1.29 is 26.6 Å². The molecule has 0 aliphatic rings. The van der Waals surface area contributed by atoms with E-state index in [4.69, 9.17) is 61.0 Å². The lowest BCUT2D eigenvalue weighted by atomic mass is 10.5. The average Bonchev–Trinajstić information content (AvgIpc) is 3.25. The molecular formula is C48H129N9O6Si6. The first-order valence-corrected chi connectivity index (χ1v) is 46.1. The SMILES string of the molecule is CCO[Si](C)(C)CCCN.CCO[Si](C)(C)CCCNCCN.CCO[Si](C)(CCCN)OCC.CCO[Si](C)(CCCNCCN)OCC.C[Si](C)(C)CCCN.C[Si](C)(C)CCCNCCN. The van der Waals surface area contributed by atoms with E-state index in [-0.39, 0.29) is 0 Å². The highest BCUT2D eigenvalue weighted by Gasteiger charge is 2.30. The van der Waals surface area contributed by atoms with Crippen molar-refractivity contribution in [3.05, 3.63) is 0 Å². The average molecular weight is 1100 g/mol. The van der Waals surface area contributed by atoms with Gasteiger partial charge in [0.15, 0.2) is 16.6 Å². The lowest BCUT2D eigenvalue weighted by molar-refractivity contribution is 0.187. The van der Waals surface area contributed by atoms with Gasteiger partial charge in [-0.3, -0.25) is 0 Å². The van der Waals surface area contributed by atoms with Crippen LogP contribution in [0.15, 0.2) is 0 Å². The minimum absolute atomic E-state index is 0.700. The first kappa shape index (κ1) is 81.1. The first-order chi connectivity index (χ1) is 32.2. The Labute approximate surface area is 437 Å². The van der Waals surface area contributed by atoms with Gasteiger partial charge in [0, 0.05) is 95.1 Å². The second-order valence-corrected chi connectivity index (χ2v) is 47.7. The zero-order valence-electron chi connectivity index (χ0n) is 49.6. The predicted molar refractivity (Wildman–Crippen MR) is 324 cm³/mol. The summed E-state index contributed by atoms with van der Waals surface area (Å²) < 4.78 is 34.1. The zero-order chi connectivity index (χ0) is 54.6. The van der Waals surface area contributed by atoms with E-state index < -0.39 is 49.9 Å². The van der Waals surface area contributed by atoms with Crippen molar-refractivity contribution in [3.8, 4) is 0 Å². The molecule has 0 heterocycles. The van der Waals surface area contributed by atoms with Crippen LogP contribution in [-0.2, 0) is 26.6 Å². The third kappa shape index (κ3) is 75.3. The standard InChI is InChI=1S/C10H26N2O2Si.C9H24N2OSi.C8H22N2Si.C8H21NO2Si.C7H19NOSi.C6H17NSi/c1-4-13-15(3,14-5-2)10-6-8-12-9-7-11;1-4-12-13(2,3)9-5-7-11-8-6-10;1-11(2,3)8-4-6-10-7-5-9;1-4-10-12(3,11-5-2)8-6-7-9;1-4-9-10(2,3)7-5-6-8;1-8(2,3)6-4-5-7/h12H,4-11H2,1-3H3;11H,4-10H2,1-3H3;10H,4-9H2,1-3H3;4-9H2,1-3H3;4-8H2,1-3H3;4-7H2,1-3H3. The molecule has 15 N–H and O–H groups in total. The number of hydrogen-bond acceptors (Lipinski definition) is 15. The highest BCUT2D eigenvalue weighted by atomic mass is 28.4. The van der Waals surface area contributed by atoms with Crippen molar-refractivity contribution in [2.24, 2.45) is 34.4 Å². The number of rotatable bonds is 39. The predicted octanol–water partition coefficient (Wildman–Crippen LogP) is 8.23. The van der Waals surface area contributed by atoms with Gasteiger partial charge < -0.3 is 76.9 Å². The molecule has 0 unspecified atom stereocenters. The van der Waals surface area contributed by atoms with E-state index in [1.807, 2.05) is 27.7 Å². The molecule has 0 amide bonds. The van der Waals surface area contributed by atoms with E-state index in [1.165, 1.54) is 43.4 Å². The minimum Gasteiger partial charge on any atom is -0.418 e. The van der Waals surface area contributed by atoms with E-state index in [9.17, 15) is 0 Å². The highest BCUT2D eigenvalue weighted by Crippen LogP contribution is 2.17. The smallest absolute Gasteiger partial charge is 0.334 e. The number of hydrogen-bond donors (Lipinski definition) is 9. The molecule has 69 heavy (non-hydrogen) atoms. The second-order valence-electron chi connectivity index (χ2n) is 21.1. The van der Waals surface area contributed by atoms with Gasteiger partial charge in [-0.15, -0.1) is 0 Å². The second kappa shape index (κ2) is 54.9. The van der Waals surface area contributed by atoms with Gasteiger partial charge in [0.05, 0.1) is 0 Å². The molecule has 15 nitrogen and oxygen atoms in total. The molecule has 0 fully saturated rings. The van der Waals surface area contributed by atoms with Crippen molar-refractivity contribution in [1.29, 1.82) is 0 Å². The Balaban J connectivity index is -0.000000174. The minimum atomic E-state index is -1.88. The van der Waals surface area contributed by atoms with Crippen LogP contribution in [0.2, 0.25) is 115 Å². The van der Waals surface area contributed by atoms with Crippen LogP contribution in [-0.4, -0.2) is 168 Å². The fraction of sp³-hybridized carbons (Fsp3) is 1.00.